The van der Waals surface area contributed by atoms with E-state index in [1.807, 2.05) is 6.07 Å². The predicted molar refractivity (Wildman–Crippen MR) is 381 cm³/mol. The molecular weight excluding hydrogens is 1160 g/mol. The average molecular weight is 1200 g/mol. The van der Waals surface area contributed by atoms with Crippen molar-refractivity contribution in [2.24, 2.45) is 5.73 Å². The van der Waals surface area contributed by atoms with Crippen LogP contribution in [-0.2, 0) is 25.0 Å². The molecule has 1 aliphatic heterocycles. The Kier molecular flexibility index (Phi) is 5.02. The Morgan fingerprint density at radius 2 is 0.766 bits per heavy atom. The number of aromatic amines is 1. The molecule has 30 aromatic rings. The van der Waals surface area contributed by atoms with Crippen LogP contribution < -0.4 is 25.3 Å². The molecule has 1 unspecified atom stereocenters. The molecule has 94 heavy (non-hydrogen) atoms. The van der Waals surface area contributed by atoms with E-state index in [1.54, 1.807) is 341 Å². The summed E-state index contributed by atoms with van der Waals surface area (Å²) >= 11 is 0. The summed E-state index contributed by atoms with van der Waals surface area (Å²) < 4.78 is 37.2. The van der Waals surface area contributed by atoms with Crippen LogP contribution in [0.15, 0.2) is 12.1 Å². The molecule has 11 heteroatoms. The minimum Gasteiger partial charge on any atom is -0.493 e. The smallest absolute Gasteiger partial charge is 0.267 e. The third-order valence-electron chi connectivity index (χ3n) is 29.6. The van der Waals surface area contributed by atoms with Gasteiger partial charge in [-0.25, -0.2) is 0 Å². The lowest BCUT2D eigenvalue weighted by molar-refractivity contribution is 0.0241. The van der Waals surface area contributed by atoms with Crippen LogP contribution in [0.5, 0.6) is 17.2 Å². The average Bonchev–Trinajstić information content (AvgIpc) is 1.38. The van der Waals surface area contributed by atoms with E-state index in [0.717, 1.165) is 18.5 Å². The Labute approximate surface area is 520 Å². The largest absolute Gasteiger partial charge is 0.493 e. The summed E-state index contributed by atoms with van der Waals surface area (Å²) in [7, 11) is 4.74. The molecule has 430 valence electrons. The standard InChI is InChI=1S/C83H36N4O7/c1-89-18-13-16-12-17(86-78(16)80(91-3)79(18)90-2)81(88)85-5-8-92-10-11-93-9-6-87-15-82-74-66-58-48-38-30-22-20-21-24-28-26(22)34-42-36(28)46-40-32(24)33-25(21)29-27-23(20)31(30)39-45-35(27)43-37(29)47-41(33)51-50(40)62-56(46)64-54(42)60(52(58)44(34)38)68(74)70(64)76-72(62)73-63(51)57(47)65-55(43)61-53(45)59(49(39)48)67(66)75(82)69(61)71(65)77(73)83(76,82)19(87)14-94-7-4-84/h12-13,19,86H,4-11,14-15,84H2,1-3H3,(H,85,88). The lowest BCUT2D eigenvalue weighted by Crippen LogP contribution is -2.56. The zero-order valence-electron chi connectivity index (χ0n) is 50.2. The van der Waals surface area contributed by atoms with Crippen molar-refractivity contribution in [3.05, 3.63) is 40.1 Å². The fourth-order valence-electron chi connectivity index (χ4n) is 28.5. The van der Waals surface area contributed by atoms with Gasteiger partial charge < -0.3 is 44.5 Å². The number of likely N-dealkylation sites (tertiary alicyclic amines) is 1. The molecule has 2 heterocycles. The summed E-state index contributed by atoms with van der Waals surface area (Å²) in [6.45, 7) is 5.33. The third-order valence-corrected chi connectivity index (χ3v) is 29.6. The molecule has 5 aliphatic rings. The molecule has 4 aliphatic carbocycles. The summed E-state index contributed by atoms with van der Waals surface area (Å²) in [5, 5.41) is 90.9. The first-order valence-corrected chi connectivity index (χ1v) is 34.1. The highest BCUT2D eigenvalue weighted by molar-refractivity contribution is 6.82. The Morgan fingerprint density at radius 3 is 1.11 bits per heavy atom. The number of ether oxygens (including phenoxy) is 6. The molecule has 0 radical (unpaired) electrons. The van der Waals surface area contributed by atoms with Crippen molar-refractivity contribution in [3.8, 4) is 17.2 Å². The maximum atomic E-state index is 13.5. The van der Waals surface area contributed by atoms with Gasteiger partial charge in [-0.1, -0.05) is 0 Å². The number of benzene rings is 19. The van der Waals surface area contributed by atoms with Crippen molar-refractivity contribution in [2.45, 2.75) is 16.9 Å². The van der Waals surface area contributed by atoms with Gasteiger partial charge in [-0.05, 0) is 325 Å². The zero-order chi connectivity index (χ0) is 58.8. The molecule has 35 rings (SSSR count). The Morgan fingerprint density at radius 1 is 0.426 bits per heavy atom. The molecule has 1 amide bonds. The summed E-state index contributed by atoms with van der Waals surface area (Å²) in [5.41, 5.74) is 13.4. The topological polar surface area (TPSA) is 130 Å². The van der Waals surface area contributed by atoms with Gasteiger partial charge in [0.15, 0.2) is 11.5 Å². The molecular formula is C83H36N4O7. The van der Waals surface area contributed by atoms with E-state index < -0.39 is 10.8 Å². The van der Waals surface area contributed by atoms with Crippen molar-refractivity contribution in [3.63, 3.8) is 0 Å². The highest BCUT2D eigenvalue weighted by Crippen LogP contribution is 2.86. The van der Waals surface area contributed by atoms with E-state index in [4.69, 9.17) is 34.2 Å². The monoisotopic (exact) mass is 1200 g/mol. The first kappa shape index (κ1) is 42.2. The van der Waals surface area contributed by atoms with Crippen LogP contribution in [0.1, 0.15) is 32.7 Å². The van der Waals surface area contributed by atoms with E-state index in [9.17, 15) is 4.79 Å². The molecule has 2 spiro atoms. The van der Waals surface area contributed by atoms with Crippen molar-refractivity contribution in [2.75, 3.05) is 87.1 Å². The fourth-order valence-corrected chi connectivity index (χ4v) is 28.5. The number of nitrogens with zero attached hydrogens (tertiary/aromatic N) is 1. The van der Waals surface area contributed by atoms with Crippen LogP contribution in [-0.4, -0.2) is 109 Å². The van der Waals surface area contributed by atoms with Gasteiger partial charge in [0.05, 0.1) is 77.3 Å². The number of rotatable bonds is 17. The van der Waals surface area contributed by atoms with Gasteiger partial charge in [0.2, 0.25) is 5.75 Å². The molecule has 1 fully saturated rings. The molecule has 0 bridgehead atoms. The van der Waals surface area contributed by atoms with E-state index in [0.29, 0.717) is 81.2 Å². The van der Waals surface area contributed by atoms with Gasteiger partial charge in [0, 0.05) is 37.6 Å². The van der Waals surface area contributed by atoms with Gasteiger partial charge >= 0.3 is 0 Å². The number of H-pyrrole nitrogens is 1. The summed E-state index contributed by atoms with van der Waals surface area (Å²) in [6, 6.07) is 3.63. The van der Waals surface area contributed by atoms with E-state index >= 15 is 0 Å². The zero-order valence-corrected chi connectivity index (χ0v) is 50.2. The number of amides is 1. The summed E-state index contributed by atoms with van der Waals surface area (Å²) in [6.07, 6.45) is 0. The number of methoxy groups -OCH3 is 3. The van der Waals surface area contributed by atoms with Crippen molar-refractivity contribution in [1.29, 1.82) is 0 Å². The number of hydrogen-bond donors (Lipinski definition) is 3. The first-order valence-electron chi connectivity index (χ1n) is 34.1. The highest BCUT2D eigenvalue weighted by Gasteiger charge is 2.76. The van der Waals surface area contributed by atoms with Crippen LogP contribution in [0.25, 0.3) is 302 Å². The normalized spacial score (nSPS) is 20.8. The number of aromatic nitrogens is 1. The lowest BCUT2D eigenvalue weighted by atomic mass is 9.48. The number of carbonyl (C=O) groups excluding carboxylic acids is 1. The molecule has 1 aromatic heterocycles. The predicted octanol–water partition coefficient (Wildman–Crippen LogP) is 16.9. The third kappa shape index (κ3) is 2.86. The lowest BCUT2D eigenvalue weighted by Gasteiger charge is -2.52. The second kappa shape index (κ2) is 11.2. The minimum absolute atomic E-state index is 0.0133. The Balaban J connectivity index is 0.654. The molecule has 29 aromatic carbocycles. The molecule has 1 atom stereocenters. The van der Waals surface area contributed by atoms with Crippen LogP contribution in [0.3, 0.4) is 0 Å². The highest BCUT2D eigenvalue weighted by atomic mass is 16.5. The van der Waals surface area contributed by atoms with Gasteiger partial charge in [0.25, 0.3) is 5.91 Å². The second-order valence-corrected chi connectivity index (χ2v) is 31.1. The molecule has 0 saturated carbocycles. The minimum atomic E-state index is -0.473. The molecule has 11 nitrogen and oxygen atoms in total. The maximum absolute atomic E-state index is 13.5. The molecule has 1 saturated heterocycles. The van der Waals surface area contributed by atoms with Gasteiger partial charge in [-0.2, -0.15) is 0 Å². The maximum Gasteiger partial charge on any atom is 0.267 e. The Bertz CT molecular complexity index is 8210. The fraction of sp³-hybridized carbons (Fsp3) is 0.193. The van der Waals surface area contributed by atoms with Crippen molar-refractivity contribution < 1.29 is 33.2 Å². The van der Waals surface area contributed by atoms with Crippen LogP contribution in [0.4, 0.5) is 0 Å². The van der Waals surface area contributed by atoms with E-state index in [-0.39, 0.29) is 11.9 Å². The number of fused-ring (bicyclic) bond motifs is 1. The number of nitrogens with one attached hydrogen (secondary N) is 2. The van der Waals surface area contributed by atoms with Crippen molar-refractivity contribution >= 4 is 308 Å². The number of carbonyl (C=O) groups is 1. The van der Waals surface area contributed by atoms with Crippen LogP contribution in [0, 0.1) is 0 Å². The van der Waals surface area contributed by atoms with E-state index in [2.05, 4.69) is 15.2 Å². The summed E-state index contributed by atoms with van der Waals surface area (Å²) in [4.78, 5) is 19.7. The summed E-state index contributed by atoms with van der Waals surface area (Å²) in [5.74, 6) is 1.25. The van der Waals surface area contributed by atoms with Crippen LogP contribution >= 0.6 is 0 Å². The molecule has 4 N–H and O–H groups in total. The quantitative estimate of drug-likeness (QED) is 0.0603. The van der Waals surface area contributed by atoms with Gasteiger partial charge in [-0.15, -0.1) is 0 Å². The SMILES string of the molecule is COc1cc2cc(C(=O)NCCOCCOCCN3CC45c6c7c8c9c%10c%11c(c%12c%13c4c4c6c6c%14c7c7c8c8c%10c%10c%15c%11c%11c%12c%12c%13c%13c4c4c6c6c%14c%14c7c7c8c%10c8c%10c%15c%11c%11c%12c%12c%13c4c4c6c6c%14c7c8c7c%10c%11c%12c4c67)C95C3COCCN)[nH]c2c(OC)c1OC. The number of nitrogens with two attached hydrogens (primary N) is 1. The first-order chi connectivity index (χ1) is 46.6. The van der Waals surface area contributed by atoms with Crippen molar-refractivity contribution in [1.82, 2.24) is 15.2 Å². The van der Waals surface area contributed by atoms with Gasteiger partial charge in [-0.3, -0.25) is 9.69 Å². The Hall–Kier alpha value is -10.1. The van der Waals surface area contributed by atoms with Gasteiger partial charge in [0.1, 0.15) is 5.69 Å². The number of hydrogen-bond acceptors (Lipinski definition) is 9. The second-order valence-electron chi connectivity index (χ2n) is 31.1. The van der Waals surface area contributed by atoms with E-state index in [1.165, 1.54) is 0 Å². The van der Waals surface area contributed by atoms with Crippen LogP contribution in [0.2, 0.25) is 0 Å².